The van der Waals surface area contributed by atoms with E-state index in [2.05, 4.69) is 64.4 Å². The van der Waals surface area contributed by atoms with Gasteiger partial charge in [-0.15, -0.1) is 0 Å². The molecule has 1 N–H and O–H groups in total. The Morgan fingerprint density at radius 1 is 1.10 bits per heavy atom. The molecule has 1 aliphatic carbocycles. The number of anilines is 1. The second-order valence-electron chi connectivity index (χ2n) is 9.38. The summed E-state index contributed by atoms with van der Waals surface area (Å²) < 4.78 is 0. The van der Waals surface area contributed by atoms with Crippen molar-refractivity contribution in [1.82, 2.24) is 20.1 Å². The van der Waals surface area contributed by atoms with E-state index in [0.717, 1.165) is 45.7 Å². The number of nitrogens with zero attached hydrogens (tertiary/aromatic N) is 4. The second kappa shape index (κ2) is 8.66. The number of benzene rings is 1. The summed E-state index contributed by atoms with van der Waals surface area (Å²) in [5.74, 6) is 0. The largest absolute Gasteiger partial charge is 0.369 e. The quantitative estimate of drug-likeness (QED) is 0.846. The van der Waals surface area contributed by atoms with Gasteiger partial charge in [-0.1, -0.05) is 18.2 Å². The first-order valence-corrected chi connectivity index (χ1v) is 11.6. The SMILES string of the molecule is CN1CCN(c2cccc3c2C[C@H](CN(C)[C@H]2CCCc4cccnc42)NC3)CC1. The normalized spacial score (nSPS) is 24.6. The first-order chi connectivity index (χ1) is 14.7. The Labute approximate surface area is 181 Å². The summed E-state index contributed by atoms with van der Waals surface area (Å²) in [4.78, 5) is 12.3. The number of aromatic nitrogens is 1. The van der Waals surface area contributed by atoms with Crippen molar-refractivity contribution in [2.75, 3.05) is 51.7 Å². The minimum absolute atomic E-state index is 0.450. The molecule has 3 heterocycles. The lowest BCUT2D eigenvalue weighted by atomic mass is 9.89. The van der Waals surface area contributed by atoms with Gasteiger partial charge in [-0.05, 0) is 68.6 Å². The number of hydrogen-bond donors (Lipinski definition) is 1. The fourth-order valence-corrected chi connectivity index (χ4v) is 5.56. The summed E-state index contributed by atoms with van der Waals surface area (Å²) in [6.07, 6.45) is 6.74. The zero-order valence-corrected chi connectivity index (χ0v) is 18.5. The second-order valence-corrected chi connectivity index (χ2v) is 9.38. The maximum absolute atomic E-state index is 4.76. The van der Waals surface area contributed by atoms with E-state index >= 15 is 0 Å². The van der Waals surface area contributed by atoms with Crippen LogP contribution in [-0.2, 0) is 19.4 Å². The van der Waals surface area contributed by atoms with E-state index < -0.39 is 0 Å². The molecule has 5 heteroatoms. The van der Waals surface area contributed by atoms with Gasteiger partial charge in [0.05, 0.1) is 11.7 Å². The summed E-state index contributed by atoms with van der Waals surface area (Å²) in [6, 6.07) is 12.2. The van der Waals surface area contributed by atoms with Crippen molar-refractivity contribution in [2.24, 2.45) is 0 Å². The average molecular weight is 406 g/mol. The lowest BCUT2D eigenvalue weighted by Gasteiger charge is -2.39. The van der Waals surface area contributed by atoms with Crippen molar-refractivity contribution in [3.8, 4) is 0 Å². The molecule has 0 radical (unpaired) electrons. The van der Waals surface area contributed by atoms with Crippen molar-refractivity contribution in [3.63, 3.8) is 0 Å². The summed E-state index contributed by atoms with van der Waals surface area (Å²) in [5.41, 5.74) is 7.27. The highest BCUT2D eigenvalue weighted by atomic mass is 15.2. The van der Waals surface area contributed by atoms with Crippen LogP contribution in [0.15, 0.2) is 36.5 Å². The molecule has 30 heavy (non-hydrogen) atoms. The topological polar surface area (TPSA) is 34.6 Å². The van der Waals surface area contributed by atoms with Gasteiger partial charge < -0.3 is 15.1 Å². The monoisotopic (exact) mass is 405 g/mol. The predicted molar refractivity (Wildman–Crippen MR) is 123 cm³/mol. The third-order valence-electron chi connectivity index (χ3n) is 7.33. The minimum atomic E-state index is 0.450. The predicted octanol–water partition coefficient (Wildman–Crippen LogP) is 2.86. The van der Waals surface area contributed by atoms with Gasteiger partial charge in [0.25, 0.3) is 0 Å². The lowest BCUT2D eigenvalue weighted by Crippen LogP contribution is -2.47. The maximum Gasteiger partial charge on any atom is 0.0607 e. The number of aryl methyl sites for hydroxylation is 1. The Morgan fingerprint density at radius 2 is 1.93 bits per heavy atom. The van der Waals surface area contributed by atoms with Gasteiger partial charge in [-0.25, -0.2) is 0 Å². The van der Waals surface area contributed by atoms with Crippen LogP contribution in [0, 0.1) is 0 Å². The summed E-state index contributed by atoms with van der Waals surface area (Å²) in [6.45, 7) is 6.63. The van der Waals surface area contributed by atoms with Crippen LogP contribution in [0.25, 0.3) is 0 Å². The van der Waals surface area contributed by atoms with Gasteiger partial charge in [0.15, 0.2) is 0 Å². The number of likely N-dealkylation sites (N-methyl/N-ethyl adjacent to an activating group) is 2. The van der Waals surface area contributed by atoms with E-state index in [4.69, 9.17) is 4.98 Å². The molecule has 2 atom stereocenters. The van der Waals surface area contributed by atoms with Gasteiger partial charge in [0.2, 0.25) is 0 Å². The molecule has 160 valence electrons. The Kier molecular flexibility index (Phi) is 5.77. The van der Waals surface area contributed by atoms with Crippen molar-refractivity contribution in [2.45, 2.75) is 44.3 Å². The summed E-state index contributed by atoms with van der Waals surface area (Å²) in [7, 11) is 4.52. The minimum Gasteiger partial charge on any atom is -0.369 e. The molecule has 5 rings (SSSR count). The van der Waals surface area contributed by atoms with E-state index in [-0.39, 0.29) is 0 Å². The van der Waals surface area contributed by atoms with E-state index in [1.54, 1.807) is 5.56 Å². The number of hydrogen-bond acceptors (Lipinski definition) is 5. The fraction of sp³-hybridized carbons (Fsp3) is 0.560. The highest BCUT2D eigenvalue weighted by Crippen LogP contribution is 2.33. The summed E-state index contributed by atoms with van der Waals surface area (Å²) >= 11 is 0. The van der Waals surface area contributed by atoms with E-state index in [0.29, 0.717) is 12.1 Å². The summed E-state index contributed by atoms with van der Waals surface area (Å²) in [5, 5.41) is 3.82. The van der Waals surface area contributed by atoms with Gasteiger partial charge in [0, 0.05) is 57.2 Å². The molecule has 0 bridgehead atoms. The van der Waals surface area contributed by atoms with E-state index in [1.165, 1.54) is 41.8 Å². The van der Waals surface area contributed by atoms with Crippen LogP contribution in [0.2, 0.25) is 0 Å². The van der Waals surface area contributed by atoms with E-state index in [9.17, 15) is 0 Å². The molecule has 1 saturated heterocycles. The van der Waals surface area contributed by atoms with Gasteiger partial charge in [-0.3, -0.25) is 9.88 Å². The molecule has 1 fully saturated rings. The molecule has 2 aromatic rings. The molecule has 1 aromatic heterocycles. The Bertz CT molecular complexity index is 874. The molecular formula is C25H35N5. The first-order valence-electron chi connectivity index (χ1n) is 11.6. The Hall–Kier alpha value is -1.95. The van der Waals surface area contributed by atoms with E-state index in [1.807, 2.05) is 6.20 Å². The smallest absolute Gasteiger partial charge is 0.0607 e. The molecule has 0 spiro atoms. The van der Waals surface area contributed by atoms with Crippen molar-refractivity contribution in [3.05, 3.63) is 58.9 Å². The van der Waals surface area contributed by atoms with Crippen LogP contribution in [0.3, 0.4) is 0 Å². The highest BCUT2D eigenvalue weighted by Gasteiger charge is 2.29. The molecule has 3 aliphatic rings. The van der Waals surface area contributed by atoms with Crippen LogP contribution in [0.5, 0.6) is 0 Å². The molecular weight excluding hydrogens is 370 g/mol. The van der Waals surface area contributed by atoms with Gasteiger partial charge in [-0.2, -0.15) is 0 Å². The molecule has 5 nitrogen and oxygen atoms in total. The zero-order valence-electron chi connectivity index (χ0n) is 18.5. The Morgan fingerprint density at radius 3 is 2.80 bits per heavy atom. The van der Waals surface area contributed by atoms with Crippen LogP contribution in [0.4, 0.5) is 5.69 Å². The van der Waals surface area contributed by atoms with Crippen LogP contribution in [-0.4, -0.2) is 67.6 Å². The number of piperazine rings is 1. The standard InChI is InChI=1S/C25H35N5/c1-28-12-14-30(15-13-28)23-9-4-7-20-17-27-21(16-22(20)23)18-29(2)24-10-3-6-19-8-5-11-26-25(19)24/h4-5,7-9,11,21,24,27H,3,6,10,12-18H2,1-2H3/t21-,24+/m1/s1. The maximum atomic E-state index is 4.76. The van der Waals surface area contributed by atoms with Crippen LogP contribution in [0.1, 0.15) is 41.3 Å². The number of nitrogens with one attached hydrogen (secondary N) is 1. The number of fused-ring (bicyclic) bond motifs is 2. The molecule has 0 unspecified atom stereocenters. The van der Waals surface area contributed by atoms with Gasteiger partial charge in [0.1, 0.15) is 0 Å². The third-order valence-corrected chi connectivity index (χ3v) is 7.33. The van der Waals surface area contributed by atoms with Gasteiger partial charge >= 0.3 is 0 Å². The number of pyridine rings is 1. The zero-order chi connectivity index (χ0) is 20.5. The van der Waals surface area contributed by atoms with Crippen molar-refractivity contribution >= 4 is 5.69 Å². The van der Waals surface area contributed by atoms with Crippen LogP contribution >= 0.6 is 0 Å². The molecule has 0 saturated carbocycles. The van der Waals surface area contributed by atoms with Crippen LogP contribution < -0.4 is 10.2 Å². The third kappa shape index (κ3) is 3.98. The molecule has 0 amide bonds. The molecule has 1 aromatic carbocycles. The van der Waals surface area contributed by atoms with Crippen molar-refractivity contribution < 1.29 is 0 Å². The lowest BCUT2D eigenvalue weighted by molar-refractivity contribution is 0.191. The Balaban J connectivity index is 1.30. The fourth-order valence-electron chi connectivity index (χ4n) is 5.56. The first kappa shape index (κ1) is 20.0. The average Bonchev–Trinajstić information content (AvgIpc) is 2.79. The molecule has 2 aliphatic heterocycles. The number of rotatable bonds is 4. The van der Waals surface area contributed by atoms with Crippen molar-refractivity contribution in [1.29, 1.82) is 0 Å². The highest BCUT2D eigenvalue weighted by molar-refractivity contribution is 5.58.